The minimum atomic E-state index is -0.331. The summed E-state index contributed by atoms with van der Waals surface area (Å²) in [7, 11) is 1.40. The minimum absolute atomic E-state index is 0.299. The molecule has 3 nitrogen and oxygen atoms in total. The van der Waals surface area contributed by atoms with E-state index in [9.17, 15) is 4.79 Å². The van der Waals surface area contributed by atoms with E-state index in [1.54, 1.807) is 6.07 Å². The summed E-state index contributed by atoms with van der Waals surface area (Å²) >= 11 is 0. The molecule has 120 valence electrons. The molecule has 0 radical (unpaired) electrons. The highest BCUT2D eigenvalue weighted by Crippen LogP contribution is 2.42. The summed E-state index contributed by atoms with van der Waals surface area (Å²) in [6.07, 6.45) is 0.826. The Morgan fingerprint density at radius 3 is 2.61 bits per heavy atom. The third-order valence-electron chi connectivity index (χ3n) is 4.23. The lowest BCUT2D eigenvalue weighted by atomic mass is 9.88. The van der Waals surface area contributed by atoms with Crippen molar-refractivity contribution in [2.75, 3.05) is 7.11 Å². The molecule has 0 N–H and O–H groups in total. The molecule has 3 rings (SSSR count). The summed E-state index contributed by atoms with van der Waals surface area (Å²) in [5, 5.41) is 0. The van der Waals surface area contributed by atoms with Crippen molar-refractivity contribution in [2.45, 2.75) is 39.7 Å². The van der Waals surface area contributed by atoms with Gasteiger partial charge in [-0.15, -0.1) is 0 Å². The van der Waals surface area contributed by atoms with Gasteiger partial charge in [0.05, 0.1) is 12.7 Å². The first kappa shape index (κ1) is 15.6. The van der Waals surface area contributed by atoms with Crippen LogP contribution in [0.5, 0.6) is 5.75 Å². The van der Waals surface area contributed by atoms with Crippen LogP contribution in [0.2, 0.25) is 0 Å². The molecular formula is C20H22O3. The zero-order chi connectivity index (χ0) is 16.8. The van der Waals surface area contributed by atoms with Crippen LogP contribution in [0.3, 0.4) is 0 Å². The van der Waals surface area contributed by atoms with Gasteiger partial charge in [0.25, 0.3) is 0 Å². The number of fused-ring (bicyclic) bond motifs is 3. The number of methoxy groups -OCH3 is 1. The van der Waals surface area contributed by atoms with Crippen LogP contribution in [-0.4, -0.2) is 18.7 Å². The third-order valence-corrected chi connectivity index (χ3v) is 4.23. The molecule has 0 amide bonds. The number of esters is 1. The maximum absolute atomic E-state index is 11.9. The molecule has 1 aliphatic heterocycles. The van der Waals surface area contributed by atoms with Crippen LogP contribution in [0.25, 0.3) is 11.1 Å². The SMILES string of the molecule is COC(=O)c1ccc2c(c1)-c1c(C)cc(C)cc1CC(C)(C)O2. The number of hydrogen-bond donors (Lipinski definition) is 0. The van der Waals surface area contributed by atoms with E-state index in [1.807, 2.05) is 12.1 Å². The average molecular weight is 310 g/mol. The summed E-state index contributed by atoms with van der Waals surface area (Å²) in [6, 6.07) is 9.90. The molecule has 1 aliphatic rings. The van der Waals surface area contributed by atoms with Crippen molar-refractivity contribution in [3.63, 3.8) is 0 Å². The fourth-order valence-electron chi connectivity index (χ4n) is 3.43. The van der Waals surface area contributed by atoms with Crippen molar-refractivity contribution in [1.82, 2.24) is 0 Å². The molecule has 0 saturated heterocycles. The van der Waals surface area contributed by atoms with E-state index < -0.39 is 0 Å². The van der Waals surface area contributed by atoms with E-state index in [0.717, 1.165) is 17.7 Å². The molecule has 2 aromatic carbocycles. The van der Waals surface area contributed by atoms with Crippen molar-refractivity contribution in [1.29, 1.82) is 0 Å². The second-order valence-corrected chi connectivity index (χ2v) is 6.86. The van der Waals surface area contributed by atoms with Crippen molar-refractivity contribution in [3.8, 4) is 16.9 Å². The molecule has 0 spiro atoms. The molecule has 23 heavy (non-hydrogen) atoms. The van der Waals surface area contributed by atoms with E-state index >= 15 is 0 Å². The van der Waals surface area contributed by atoms with Gasteiger partial charge in [-0.05, 0) is 62.6 Å². The van der Waals surface area contributed by atoms with Gasteiger partial charge in [-0.1, -0.05) is 17.7 Å². The minimum Gasteiger partial charge on any atom is -0.487 e. The number of aryl methyl sites for hydroxylation is 2. The Bertz CT molecular complexity index is 788. The van der Waals surface area contributed by atoms with E-state index in [-0.39, 0.29) is 11.6 Å². The lowest BCUT2D eigenvalue weighted by Crippen LogP contribution is -2.30. The number of benzene rings is 2. The summed E-state index contributed by atoms with van der Waals surface area (Å²) in [4.78, 5) is 11.9. The van der Waals surface area contributed by atoms with Crippen LogP contribution in [-0.2, 0) is 11.2 Å². The Kier molecular flexibility index (Phi) is 3.67. The zero-order valence-corrected chi connectivity index (χ0v) is 14.3. The van der Waals surface area contributed by atoms with Crippen LogP contribution in [0.15, 0.2) is 30.3 Å². The fourth-order valence-corrected chi connectivity index (χ4v) is 3.43. The van der Waals surface area contributed by atoms with E-state index in [1.165, 1.54) is 29.4 Å². The normalized spacial score (nSPS) is 15.0. The molecule has 0 saturated carbocycles. The highest BCUT2D eigenvalue weighted by atomic mass is 16.5. The van der Waals surface area contributed by atoms with Gasteiger partial charge in [0.2, 0.25) is 0 Å². The highest BCUT2D eigenvalue weighted by molar-refractivity contribution is 5.92. The van der Waals surface area contributed by atoms with Crippen molar-refractivity contribution in [3.05, 3.63) is 52.6 Å². The standard InChI is InChI=1S/C20H22O3/c1-12-8-13(2)18-15(9-12)11-20(3,4)23-17-7-6-14(10-16(17)18)19(21)22-5/h6-10H,11H2,1-5H3. The van der Waals surface area contributed by atoms with Gasteiger partial charge < -0.3 is 9.47 Å². The summed E-state index contributed by atoms with van der Waals surface area (Å²) < 4.78 is 11.1. The smallest absolute Gasteiger partial charge is 0.337 e. The largest absolute Gasteiger partial charge is 0.487 e. The van der Waals surface area contributed by atoms with Crippen LogP contribution in [0.1, 0.15) is 40.9 Å². The lowest BCUT2D eigenvalue weighted by Gasteiger charge is -2.25. The average Bonchev–Trinajstić information content (AvgIpc) is 2.57. The molecule has 0 aromatic heterocycles. The van der Waals surface area contributed by atoms with E-state index in [4.69, 9.17) is 9.47 Å². The Morgan fingerprint density at radius 2 is 1.91 bits per heavy atom. The molecule has 1 heterocycles. The first-order chi connectivity index (χ1) is 10.8. The van der Waals surface area contributed by atoms with Gasteiger partial charge >= 0.3 is 5.97 Å². The first-order valence-corrected chi connectivity index (χ1v) is 7.82. The summed E-state index contributed by atoms with van der Waals surface area (Å²) in [5.74, 6) is 0.482. The monoisotopic (exact) mass is 310 g/mol. The predicted molar refractivity (Wildman–Crippen MR) is 91.1 cm³/mol. The Labute approximate surface area is 137 Å². The molecular weight excluding hydrogens is 288 g/mol. The van der Waals surface area contributed by atoms with Crippen molar-refractivity contribution < 1.29 is 14.3 Å². The molecule has 3 heteroatoms. The van der Waals surface area contributed by atoms with Gasteiger partial charge in [-0.2, -0.15) is 0 Å². The molecule has 2 aromatic rings. The number of rotatable bonds is 1. The van der Waals surface area contributed by atoms with Crippen LogP contribution in [0.4, 0.5) is 0 Å². The van der Waals surface area contributed by atoms with Gasteiger partial charge in [-0.25, -0.2) is 4.79 Å². The molecule has 0 aliphatic carbocycles. The zero-order valence-electron chi connectivity index (χ0n) is 14.3. The van der Waals surface area contributed by atoms with Gasteiger partial charge in [0.15, 0.2) is 0 Å². The maximum Gasteiger partial charge on any atom is 0.337 e. The first-order valence-electron chi connectivity index (χ1n) is 7.82. The number of hydrogen-bond acceptors (Lipinski definition) is 3. The fraction of sp³-hybridized carbons (Fsp3) is 0.350. The van der Waals surface area contributed by atoms with Crippen molar-refractivity contribution >= 4 is 5.97 Å². The Morgan fingerprint density at radius 1 is 1.17 bits per heavy atom. The van der Waals surface area contributed by atoms with Gasteiger partial charge in [0.1, 0.15) is 11.4 Å². The summed E-state index contributed by atoms with van der Waals surface area (Å²) in [6.45, 7) is 8.41. The Balaban J connectivity index is 2.30. The number of ether oxygens (including phenoxy) is 2. The van der Waals surface area contributed by atoms with Crippen molar-refractivity contribution in [2.24, 2.45) is 0 Å². The van der Waals surface area contributed by atoms with Gasteiger partial charge in [0, 0.05) is 12.0 Å². The van der Waals surface area contributed by atoms with E-state index in [2.05, 4.69) is 39.8 Å². The van der Waals surface area contributed by atoms with Crippen LogP contribution >= 0.6 is 0 Å². The maximum atomic E-state index is 11.9. The molecule has 0 bridgehead atoms. The Hall–Kier alpha value is -2.29. The van der Waals surface area contributed by atoms with Gasteiger partial charge in [-0.3, -0.25) is 0 Å². The van der Waals surface area contributed by atoms with E-state index in [0.29, 0.717) is 5.56 Å². The topological polar surface area (TPSA) is 35.5 Å². The second kappa shape index (κ2) is 5.41. The molecule has 0 fully saturated rings. The third kappa shape index (κ3) is 2.83. The second-order valence-electron chi connectivity index (χ2n) is 6.86. The lowest BCUT2D eigenvalue weighted by molar-refractivity contribution is 0.0600. The number of carbonyl (C=O) groups excluding carboxylic acids is 1. The predicted octanol–water partition coefficient (Wildman–Crippen LogP) is 4.47. The molecule has 0 unspecified atom stereocenters. The highest BCUT2D eigenvalue weighted by Gasteiger charge is 2.29. The molecule has 0 atom stereocenters. The van der Waals surface area contributed by atoms with Crippen LogP contribution in [0, 0.1) is 13.8 Å². The number of carbonyl (C=O) groups is 1. The van der Waals surface area contributed by atoms with Crippen LogP contribution < -0.4 is 4.74 Å². The quantitative estimate of drug-likeness (QED) is 0.729. The summed E-state index contributed by atoms with van der Waals surface area (Å²) in [5.41, 5.74) is 6.07.